The summed E-state index contributed by atoms with van der Waals surface area (Å²) in [6.45, 7) is 1.61. The molecule has 0 saturated heterocycles. The monoisotopic (exact) mass is 440 g/mol. The molecule has 0 aliphatic rings. The number of nitrogens with one attached hydrogen (secondary N) is 2. The van der Waals surface area contributed by atoms with Crippen LogP contribution in [0.25, 0.3) is 6.08 Å². The van der Waals surface area contributed by atoms with Crippen molar-refractivity contribution in [2.75, 3.05) is 11.9 Å². The van der Waals surface area contributed by atoms with Crippen LogP contribution in [-0.4, -0.2) is 18.4 Å². The van der Waals surface area contributed by atoms with Gasteiger partial charge in [-0.3, -0.25) is 9.59 Å². The maximum absolute atomic E-state index is 12.5. The summed E-state index contributed by atoms with van der Waals surface area (Å²) in [4.78, 5) is 23.6. The number of hydrogen-bond acceptors (Lipinski definition) is 2. The summed E-state index contributed by atoms with van der Waals surface area (Å²) in [6.07, 6.45) is -1.88. The van der Waals surface area contributed by atoms with Gasteiger partial charge in [0.05, 0.1) is 12.1 Å². The summed E-state index contributed by atoms with van der Waals surface area (Å²) in [7, 11) is 0. The van der Waals surface area contributed by atoms with Crippen LogP contribution in [0.15, 0.2) is 53.0 Å². The lowest BCUT2D eigenvalue weighted by Crippen LogP contribution is -2.31. The third kappa shape index (κ3) is 6.56. The van der Waals surface area contributed by atoms with Gasteiger partial charge in [-0.25, -0.2) is 0 Å². The van der Waals surface area contributed by atoms with Crippen molar-refractivity contribution >= 4 is 39.5 Å². The lowest BCUT2D eigenvalue weighted by atomic mass is 10.1. The molecule has 0 unspecified atom stereocenters. The third-order valence-corrected chi connectivity index (χ3v) is 4.04. The Labute approximate surface area is 162 Å². The fraction of sp³-hybridized carbons (Fsp3) is 0.158. The molecule has 2 amide bonds. The molecular weight excluding hydrogens is 425 g/mol. The van der Waals surface area contributed by atoms with Gasteiger partial charge in [-0.05, 0) is 54.5 Å². The van der Waals surface area contributed by atoms with Crippen molar-refractivity contribution in [3.8, 4) is 0 Å². The topological polar surface area (TPSA) is 58.2 Å². The molecule has 2 aromatic rings. The quantitative estimate of drug-likeness (QED) is 0.670. The highest BCUT2D eigenvalue weighted by molar-refractivity contribution is 9.10. The summed E-state index contributed by atoms with van der Waals surface area (Å²) in [5.74, 6) is -0.922. The van der Waals surface area contributed by atoms with Gasteiger partial charge in [0.25, 0.3) is 0 Å². The van der Waals surface area contributed by atoms with Gasteiger partial charge in [-0.2, -0.15) is 13.2 Å². The van der Waals surface area contributed by atoms with E-state index >= 15 is 0 Å². The van der Waals surface area contributed by atoms with Gasteiger partial charge >= 0.3 is 6.18 Å². The SMILES string of the molecule is Cc1cc(Br)ccc1NC(=O)CNC(=O)/C=C/c1ccc(C(F)(F)F)cc1. The summed E-state index contributed by atoms with van der Waals surface area (Å²) >= 11 is 3.33. The minimum Gasteiger partial charge on any atom is -0.343 e. The molecule has 0 radical (unpaired) electrons. The Morgan fingerprint density at radius 3 is 2.37 bits per heavy atom. The highest BCUT2D eigenvalue weighted by Crippen LogP contribution is 2.29. The molecule has 0 heterocycles. The average Bonchev–Trinajstić information content (AvgIpc) is 2.60. The number of aryl methyl sites for hydroxylation is 1. The molecule has 0 aromatic heterocycles. The van der Waals surface area contributed by atoms with Crippen LogP contribution in [0.1, 0.15) is 16.7 Å². The third-order valence-electron chi connectivity index (χ3n) is 3.55. The number of rotatable bonds is 5. The molecule has 0 spiro atoms. The highest BCUT2D eigenvalue weighted by Gasteiger charge is 2.29. The van der Waals surface area contributed by atoms with E-state index in [1.165, 1.54) is 18.2 Å². The second kappa shape index (κ2) is 8.85. The second-order valence-electron chi connectivity index (χ2n) is 5.68. The number of carbonyl (C=O) groups excluding carboxylic acids is 2. The van der Waals surface area contributed by atoms with Crippen LogP contribution in [-0.2, 0) is 15.8 Å². The lowest BCUT2D eigenvalue weighted by Gasteiger charge is -2.09. The van der Waals surface area contributed by atoms with E-state index in [4.69, 9.17) is 0 Å². The van der Waals surface area contributed by atoms with E-state index in [1.54, 1.807) is 12.1 Å². The van der Waals surface area contributed by atoms with Crippen molar-refractivity contribution in [2.45, 2.75) is 13.1 Å². The first-order valence-electron chi connectivity index (χ1n) is 7.84. The summed E-state index contributed by atoms with van der Waals surface area (Å²) < 4.78 is 38.4. The zero-order valence-electron chi connectivity index (χ0n) is 14.2. The number of halogens is 4. The second-order valence-corrected chi connectivity index (χ2v) is 6.59. The molecule has 0 fully saturated rings. The minimum absolute atomic E-state index is 0.230. The van der Waals surface area contributed by atoms with E-state index in [-0.39, 0.29) is 6.54 Å². The molecular formula is C19H16BrF3N2O2. The summed E-state index contributed by atoms with van der Waals surface area (Å²) in [5, 5.41) is 5.09. The first-order chi connectivity index (χ1) is 12.6. The van der Waals surface area contributed by atoms with E-state index in [0.29, 0.717) is 11.3 Å². The van der Waals surface area contributed by atoms with Crippen LogP contribution in [0.3, 0.4) is 0 Å². The van der Waals surface area contributed by atoms with Crippen LogP contribution in [0, 0.1) is 6.92 Å². The number of amides is 2. The standard InChI is InChI=1S/C19H16BrF3N2O2/c1-12-10-15(20)7-8-16(12)25-18(27)11-24-17(26)9-4-13-2-5-14(6-3-13)19(21,22)23/h2-10H,11H2,1H3,(H,24,26)(H,25,27)/b9-4+. The predicted octanol–water partition coefficient (Wildman–Crippen LogP) is 4.54. The van der Waals surface area contributed by atoms with Gasteiger partial charge in [-0.15, -0.1) is 0 Å². The Kier molecular flexibility index (Phi) is 6.79. The Morgan fingerprint density at radius 1 is 1.11 bits per heavy atom. The van der Waals surface area contributed by atoms with Gasteiger partial charge in [0.2, 0.25) is 11.8 Å². The van der Waals surface area contributed by atoms with Crippen LogP contribution in [0.4, 0.5) is 18.9 Å². The van der Waals surface area contributed by atoms with Gasteiger partial charge in [0, 0.05) is 16.2 Å². The molecule has 142 valence electrons. The maximum atomic E-state index is 12.5. The molecule has 0 bridgehead atoms. The molecule has 2 aromatic carbocycles. The molecule has 2 N–H and O–H groups in total. The Balaban J connectivity index is 1.84. The van der Waals surface area contributed by atoms with Crippen molar-refractivity contribution < 1.29 is 22.8 Å². The Bertz CT molecular complexity index is 862. The van der Waals surface area contributed by atoms with Crippen LogP contribution in [0.2, 0.25) is 0 Å². The first kappa shape index (κ1) is 20.7. The number of benzene rings is 2. The molecule has 2 rings (SSSR count). The van der Waals surface area contributed by atoms with E-state index in [1.807, 2.05) is 13.0 Å². The van der Waals surface area contributed by atoms with Crippen LogP contribution >= 0.6 is 15.9 Å². The molecule has 4 nitrogen and oxygen atoms in total. The van der Waals surface area contributed by atoms with Crippen molar-refractivity contribution in [3.63, 3.8) is 0 Å². The molecule has 27 heavy (non-hydrogen) atoms. The normalized spacial score (nSPS) is 11.4. The fourth-order valence-corrected chi connectivity index (χ4v) is 2.62. The smallest absolute Gasteiger partial charge is 0.343 e. The largest absolute Gasteiger partial charge is 0.416 e. The van der Waals surface area contributed by atoms with Crippen molar-refractivity contribution in [3.05, 3.63) is 69.7 Å². The lowest BCUT2D eigenvalue weighted by molar-refractivity contribution is -0.137. The van der Waals surface area contributed by atoms with E-state index in [2.05, 4.69) is 26.6 Å². The summed E-state index contributed by atoms with van der Waals surface area (Å²) in [6, 6.07) is 9.76. The van der Waals surface area contributed by atoms with Crippen molar-refractivity contribution in [1.82, 2.24) is 5.32 Å². The van der Waals surface area contributed by atoms with Gasteiger partial charge in [0.1, 0.15) is 0 Å². The Hall–Kier alpha value is -2.61. The minimum atomic E-state index is -4.40. The number of anilines is 1. The molecule has 0 aliphatic heterocycles. The maximum Gasteiger partial charge on any atom is 0.416 e. The molecule has 0 saturated carbocycles. The highest BCUT2D eigenvalue weighted by atomic mass is 79.9. The first-order valence-corrected chi connectivity index (χ1v) is 8.63. The van der Waals surface area contributed by atoms with Crippen molar-refractivity contribution in [1.29, 1.82) is 0 Å². The number of alkyl halides is 3. The van der Waals surface area contributed by atoms with E-state index in [0.717, 1.165) is 28.2 Å². The molecule has 0 aliphatic carbocycles. The number of carbonyl (C=O) groups is 2. The predicted molar refractivity (Wildman–Crippen MR) is 101 cm³/mol. The van der Waals surface area contributed by atoms with E-state index in [9.17, 15) is 22.8 Å². The average molecular weight is 441 g/mol. The number of hydrogen-bond donors (Lipinski definition) is 2. The molecule has 0 atom stereocenters. The summed E-state index contributed by atoms with van der Waals surface area (Å²) in [5.41, 5.74) is 1.18. The van der Waals surface area contributed by atoms with Gasteiger partial charge in [0.15, 0.2) is 0 Å². The van der Waals surface area contributed by atoms with Crippen molar-refractivity contribution in [2.24, 2.45) is 0 Å². The van der Waals surface area contributed by atoms with Crippen LogP contribution in [0.5, 0.6) is 0 Å². The van der Waals surface area contributed by atoms with Gasteiger partial charge < -0.3 is 10.6 Å². The Morgan fingerprint density at radius 2 is 1.78 bits per heavy atom. The van der Waals surface area contributed by atoms with Crippen LogP contribution < -0.4 is 10.6 Å². The molecule has 8 heteroatoms. The van der Waals surface area contributed by atoms with Gasteiger partial charge in [-0.1, -0.05) is 28.1 Å². The fourth-order valence-electron chi connectivity index (χ4n) is 2.14. The van der Waals surface area contributed by atoms with E-state index < -0.39 is 23.6 Å². The zero-order chi connectivity index (χ0) is 20.0. The zero-order valence-corrected chi connectivity index (χ0v) is 15.8.